The summed E-state index contributed by atoms with van der Waals surface area (Å²) in [4.78, 5) is 45.2. The lowest BCUT2D eigenvalue weighted by molar-refractivity contribution is -0.138. The fourth-order valence-electron chi connectivity index (χ4n) is 5.51. The second kappa shape index (κ2) is 11.8. The van der Waals surface area contributed by atoms with Crippen LogP contribution < -0.4 is 15.5 Å². The highest BCUT2D eigenvalue weighted by molar-refractivity contribution is 5.92. The summed E-state index contributed by atoms with van der Waals surface area (Å²) < 4.78 is 19.7. The normalized spacial score (nSPS) is 22.9. The van der Waals surface area contributed by atoms with E-state index in [0.29, 0.717) is 49.8 Å². The Hall–Kier alpha value is -3.01. The smallest absolute Gasteiger partial charge is 0.335 e. The fourth-order valence-corrected chi connectivity index (χ4v) is 5.51. The van der Waals surface area contributed by atoms with Gasteiger partial charge in [0.1, 0.15) is 5.69 Å². The standard InChI is InChI=1S/C26H36FN5O4/c1-3-36-26(35)19-6-4-5-7-20(19)30-24(33)17-8-9-18(16-17)31-12-14-32(15-13-31)22-11-10-21(25(34)28-2)29-23(22)27/h10-11,17-18H,3-9,12-16H2,1-2H3,(H,28,34)(H,30,33). The molecule has 0 radical (unpaired) electrons. The molecule has 2 amide bonds. The number of anilines is 1. The van der Waals surface area contributed by atoms with Crippen LogP contribution in [-0.4, -0.2) is 73.5 Å². The minimum absolute atomic E-state index is 0.000754. The largest absolute Gasteiger partial charge is 0.463 e. The minimum atomic E-state index is -0.638. The molecule has 0 spiro atoms. The molecule has 2 fully saturated rings. The van der Waals surface area contributed by atoms with Crippen LogP contribution in [0, 0.1) is 11.9 Å². The van der Waals surface area contributed by atoms with Gasteiger partial charge in [-0.05, 0) is 64.0 Å². The third-order valence-corrected chi connectivity index (χ3v) is 7.50. The number of amides is 2. The highest BCUT2D eigenvalue weighted by Gasteiger charge is 2.35. The Morgan fingerprint density at radius 2 is 1.86 bits per heavy atom. The average Bonchev–Trinajstić information content (AvgIpc) is 3.39. The number of rotatable bonds is 7. The van der Waals surface area contributed by atoms with Gasteiger partial charge in [-0.2, -0.15) is 4.39 Å². The van der Waals surface area contributed by atoms with Crippen LogP contribution in [0.25, 0.3) is 0 Å². The summed E-state index contributed by atoms with van der Waals surface area (Å²) in [7, 11) is 1.49. The molecule has 1 aliphatic heterocycles. The van der Waals surface area contributed by atoms with Crippen molar-refractivity contribution in [3.63, 3.8) is 0 Å². The second-order valence-electron chi connectivity index (χ2n) is 9.65. The third kappa shape index (κ3) is 5.86. The number of pyridine rings is 1. The van der Waals surface area contributed by atoms with E-state index in [1.54, 1.807) is 19.1 Å². The number of piperazine rings is 1. The minimum Gasteiger partial charge on any atom is -0.463 e. The van der Waals surface area contributed by atoms with Gasteiger partial charge < -0.3 is 20.3 Å². The Morgan fingerprint density at radius 3 is 2.56 bits per heavy atom. The number of allylic oxidation sites excluding steroid dienone is 1. The molecule has 1 saturated heterocycles. The van der Waals surface area contributed by atoms with Crippen molar-refractivity contribution in [3.05, 3.63) is 35.0 Å². The van der Waals surface area contributed by atoms with Crippen molar-refractivity contribution in [2.75, 3.05) is 44.7 Å². The molecule has 1 aromatic rings. The van der Waals surface area contributed by atoms with E-state index in [0.717, 1.165) is 50.9 Å². The topological polar surface area (TPSA) is 104 Å². The van der Waals surface area contributed by atoms with Gasteiger partial charge in [-0.1, -0.05) is 0 Å². The highest BCUT2D eigenvalue weighted by atomic mass is 19.1. The second-order valence-corrected chi connectivity index (χ2v) is 9.65. The predicted molar refractivity (Wildman–Crippen MR) is 133 cm³/mol. The van der Waals surface area contributed by atoms with Gasteiger partial charge in [-0.15, -0.1) is 0 Å². The van der Waals surface area contributed by atoms with Gasteiger partial charge >= 0.3 is 5.97 Å². The van der Waals surface area contributed by atoms with Crippen LogP contribution in [0.2, 0.25) is 0 Å². The number of nitrogens with zero attached hydrogens (tertiary/aromatic N) is 3. The fraction of sp³-hybridized carbons (Fsp3) is 0.615. The molecular weight excluding hydrogens is 465 g/mol. The van der Waals surface area contributed by atoms with Crippen LogP contribution >= 0.6 is 0 Å². The molecule has 2 unspecified atom stereocenters. The van der Waals surface area contributed by atoms with Crippen molar-refractivity contribution in [1.82, 2.24) is 20.5 Å². The SMILES string of the molecule is CCOC(=O)C1=C(NC(=O)C2CCC(N3CCN(c4ccc(C(=O)NC)nc4F)CC3)C2)CCCC1. The summed E-state index contributed by atoms with van der Waals surface area (Å²) in [5, 5.41) is 5.51. The van der Waals surface area contributed by atoms with Crippen LogP contribution in [0.5, 0.6) is 0 Å². The van der Waals surface area contributed by atoms with Gasteiger partial charge in [0.15, 0.2) is 0 Å². The zero-order valence-corrected chi connectivity index (χ0v) is 21.1. The Bertz CT molecular complexity index is 1020. The maximum atomic E-state index is 14.6. The molecule has 196 valence electrons. The van der Waals surface area contributed by atoms with Crippen molar-refractivity contribution in [2.45, 2.75) is 57.9 Å². The summed E-state index contributed by atoms with van der Waals surface area (Å²) >= 11 is 0. The molecule has 1 aromatic heterocycles. The summed E-state index contributed by atoms with van der Waals surface area (Å²) in [6.07, 6.45) is 5.79. The number of hydrogen-bond donors (Lipinski definition) is 2. The number of carbonyl (C=O) groups excluding carboxylic acids is 3. The lowest BCUT2D eigenvalue weighted by Crippen LogP contribution is -2.50. The summed E-state index contributed by atoms with van der Waals surface area (Å²) in [6.45, 7) is 4.96. The molecule has 10 heteroatoms. The van der Waals surface area contributed by atoms with Crippen molar-refractivity contribution < 1.29 is 23.5 Å². The highest BCUT2D eigenvalue weighted by Crippen LogP contribution is 2.32. The number of aromatic nitrogens is 1. The molecule has 2 atom stereocenters. The number of carbonyl (C=O) groups is 3. The van der Waals surface area contributed by atoms with Crippen molar-refractivity contribution >= 4 is 23.5 Å². The number of halogens is 1. The maximum absolute atomic E-state index is 14.6. The van der Waals surface area contributed by atoms with Gasteiger partial charge in [0.05, 0.1) is 17.9 Å². The summed E-state index contributed by atoms with van der Waals surface area (Å²) in [6, 6.07) is 3.47. The molecular formula is C26H36FN5O4. The van der Waals surface area contributed by atoms with E-state index < -0.39 is 11.9 Å². The van der Waals surface area contributed by atoms with Gasteiger partial charge in [0, 0.05) is 50.9 Å². The summed E-state index contributed by atoms with van der Waals surface area (Å²) in [5.74, 6) is -1.45. The Balaban J connectivity index is 1.30. The van der Waals surface area contributed by atoms with E-state index in [2.05, 4.69) is 20.5 Å². The lowest BCUT2D eigenvalue weighted by Gasteiger charge is -2.39. The average molecular weight is 502 g/mol. The van der Waals surface area contributed by atoms with E-state index in [9.17, 15) is 18.8 Å². The van der Waals surface area contributed by atoms with Crippen LogP contribution in [0.3, 0.4) is 0 Å². The molecule has 2 aliphatic carbocycles. The first-order valence-electron chi connectivity index (χ1n) is 13.0. The zero-order chi connectivity index (χ0) is 25.7. The Morgan fingerprint density at radius 1 is 1.11 bits per heavy atom. The van der Waals surface area contributed by atoms with Gasteiger partial charge in [0.2, 0.25) is 11.9 Å². The number of esters is 1. The van der Waals surface area contributed by atoms with E-state index in [-0.39, 0.29) is 23.5 Å². The van der Waals surface area contributed by atoms with Crippen LogP contribution in [0.15, 0.2) is 23.4 Å². The van der Waals surface area contributed by atoms with E-state index in [4.69, 9.17) is 4.74 Å². The van der Waals surface area contributed by atoms with Gasteiger partial charge in [-0.3, -0.25) is 14.5 Å². The van der Waals surface area contributed by atoms with Crippen molar-refractivity contribution in [3.8, 4) is 0 Å². The molecule has 3 aliphatic rings. The maximum Gasteiger partial charge on any atom is 0.335 e. The van der Waals surface area contributed by atoms with E-state index in [1.807, 2.05) is 4.90 Å². The lowest BCUT2D eigenvalue weighted by atomic mass is 9.95. The Labute approximate surface area is 211 Å². The Kier molecular flexibility index (Phi) is 8.56. The quantitative estimate of drug-likeness (QED) is 0.437. The molecule has 1 saturated carbocycles. The van der Waals surface area contributed by atoms with Gasteiger partial charge in [0.25, 0.3) is 5.91 Å². The number of hydrogen-bond acceptors (Lipinski definition) is 7. The summed E-state index contributed by atoms with van der Waals surface area (Å²) in [5.41, 5.74) is 1.82. The van der Waals surface area contributed by atoms with Crippen LogP contribution in [0.1, 0.15) is 62.4 Å². The molecule has 9 nitrogen and oxygen atoms in total. The number of ether oxygens (including phenoxy) is 1. The first-order chi connectivity index (χ1) is 17.4. The molecule has 2 N–H and O–H groups in total. The first-order valence-corrected chi connectivity index (χ1v) is 13.0. The van der Waals surface area contributed by atoms with Crippen molar-refractivity contribution in [1.29, 1.82) is 0 Å². The number of nitrogens with one attached hydrogen (secondary N) is 2. The first kappa shape index (κ1) is 26.1. The predicted octanol–water partition coefficient (Wildman–Crippen LogP) is 2.38. The van der Waals surface area contributed by atoms with Crippen molar-refractivity contribution in [2.24, 2.45) is 5.92 Å². The van der Waals surface area contributed by atoms with Crippen LogP contribution in [0.4, 0.5) is 10.1 Å². The third-order valence-electron chi connectivity index (χ3n) is 7.50. The molecule has 2 heterocycles. The molecule has 4 rings (SSSR count). The van der Waals surface area contributed by atoms with E-state index in [1.165, 1.54) is 7.05 Å². The molecule has 36 heavy (non-hydrogen) atoms. The molecule has 0 aromatic carbocycles. The van der Waals surface area contributed by atoms with Crippen LogP contribution in [-0.2, 0) is 14.3 Å². The van der Waals surface area contributed by atoms with Gasteiger partial charge in [-0.25, -0.2) is 9.78 Å². The monoisotopic (exact) mass is 501 g/mol. The zero-order valence-electron chi connectivity index (χ0n) is 21.1. The van der Waals surface area contributed by atoms with E-state index >= 15 is 0 Å². The molecule has 0 bridgehead atoms.